The molecule has 0 fully saturated rings. The number of aromatic nitrogens is 1. The molecule has 0 aliphatic rings. The molecule has 1 aromatic heterocycles. The fourth-order valence-electron chi connectivity index (χ4n) is 1.21. The Hall–Kier alpha value is -1.42. The monoisotopic (exact) mass is 221 g/mol. The van der Waals surface area contributed by atoms with Crippen molar-refractivity contribution in [2.45, 2.75) is 0 Å². The van der Waals surface area contributed by atoms with Gasteiger partial charge in [-0.25, -0.2) is 0 Å². The van der Waals surface area contributed by atoms with Crippen molar-refractivity contribution < 1.29 is 9.26 Å². The first-order valence-electron chi connectivity index (χ1n) is 4.52. The van der Waals surface area contributed by atoms with Crippen molar-refractivity contribution in [3.63, 3.8) is 0 Å². The van der Waals surface area contributed by atoms with E-state index in [1.165, 1.54) is 0 Å². The molecule has 0 spiro atoms. The molecule has 0 N–H and O–H groups in total. The predicted molar refractivity (Wildman–Crippen MR) is 60.9 cm³/mol. The number of nitrogens with zero attached hydrogens (tertiary/aromatic N) is 1. The smallest absolute Gasteiger partial charge is 0.133 e. The Morgan fingerprint density at radius 1 is 1.27 bits per heavy atom. The van der Waals surface area contributed by atoms with Gasteiger partial charge in [0.1, 0.15) is 23.6 Å². The Labute approximate surface area is 92.4 Å². The van der Waals surface area contributed by atoms with Gasteiger partial charge < -0.3 is 9.26 Å². The van der Waals surface area contributed by atoms with Crippen LogP contribution in [-0.2, 0) is 0 Å². The van der Waals surface area contributed by atoms with Gasteiger partial charge in [-0.2, -0.15) is 0 Å². The molecule has 4 heteroatoms. The maximum Gasteiger partial charge on any atom is 0.133 e. The van der Waals surface area contributed by atoms with Gasteiger partial charge in [0.2, 0.25) is 0 Å². The third-order valence-electron chi connectivity index (χ3n) is 1.93. The van der Waals surface area contributed by atoms with Crippen LogP contribution in [0.1, 0.15) is 0 Å². The van der Waals surface area contributed by atoms with Crippen molar-refractivity contribution in [2.75, 3.05) is 12.2 Å². The van der Waals surface area contributed by atoms with Crippen LogP contribution < -0.4 is 4.74 Å². The second-order valence-corrected chi connectivity index (χ2v) is 3.77. The van der Waals surface area contributed by atoms with Crippen molar-refractivity contribution in [1.82, 2.24) is 5.16 Å². The molecule has 2 rings (SSSR count). The molecule has 0 amide bonds. The third kappa shape index (κ3) is 2.53. The Morgan fingerprint density at radius 2 is 2.07 bits per heavy atom. The SMILES string of the molecule is CSCOc1ccc(-c2ccon2)cc1. The zero-order chi connectivity index (χ0) is 10.5. The second kappa shape index (κ2) is 4.89. The highest BCUT2D eigenvalue weighted by atomic mass is 32.2. The molecule has 3 nitrogen and oxygen atoms in total. The van der Waals surface area contributed by atoms with Crippen LogP contribution in [0.25, 0.3) is 11.3 Å². The maximum atomic E-state index is 5.45. The molecule has 1 heterocycles. The molecule has 0 atom stereocenters. The fourth-order valence-corrected chi connectivity index (χ4v) is 1.46. The summed E-state index contributed by atoms with van der Waals surface area (Å²) >= 11 is 1.65. The minimum atomic E-state index is 0.670. The molecule has 0 saturated heterocycles. The molecular weight excluding hydrogens is 210 g/mol. The summed E-state index contributed by atoms with van der Waals surface area (Å²) in [6.07, 6.45) is 3.57. The standard InChI is InChI=1S/C11H11NO2S/c1-15-8-13-10-4-2-9(3-5-10)11-6-7-14-12-11/h2-7H,8H2,1H3. The Bertz CT molecular complexity index is 397. The number of hydrogen-bond donors (Lipinski definition) is 0. The van der Waals surface area contributed by atoms with E-state index < -0.39 is 0 Å². The lowest BCUT2D eigenvalue weighted by Gasteiger charge is -2.03. The summed E-state index contributed by atoms with van der Waals surface area (Å²) in [5.41, 5.74) is 1.87. The third-order valence-corrected chi connectivity index (χ3v) is 2.28. The Morgan fingerprint density at radius 3 is 2.67 bits per heavy atom. The quantitative estimate of drug-likeness (QED) is 0.743. The van der Waals surface area contributed by atoms with Crippen molar-refractivity contribution in [3.8, 4) is 17.0 Å². The minimum absolute atomic E-state index is 0.670. The van der Waals surface area contributed by atoms with E-state index in [1.807, 2.05) is 36.6 Å². The maximum absolute atomic E-state index is 5.45. The van der Waals surface area contributed by atoms with E-state index in [2.05, 4.69) is 5.16 Å². The summed E-state index contributed by atoms with van der Waals surface area (Å²) in [6, 6.07) is 9.62. The van der Waals surface area contributed by atoms with Crippen LogP contribution >= 0.6 is 11.8 Å². The number of hydrogen-bond acceptors (Lipinski definition) is 4. The normalized spacial score (nSPS) is 10.2. The van der Waals surface area contributed by atoms with E-state index in [-0.39, 0.29) is 0 Å². The largest absolute Gasteiger partial charge is 0.483 e. The zero-order valence-corrected chi connectivity index (χ0v) is 9.16. The van der Waals surface area contributed by atoms with Crippen LogP contribution in [0.5, 0.6) is 5.75 Å². The van der Waals surface area contributed by atoms with Crippen molar-refractivity contribution in [3.05, 3.63) is 36.6 Å². The zero-order valence-electron chi connectivity index (χ0n) is 8.34. The van der Waals surface area contributed by atoms with Crippen molar-refractivity contribution >= 4 is 11.8 Å². The van der Waals surface area contributed by atoms with Crippen molar-refractivity contribution in [2.24, 2.45) is 0 Å². The first-order chi connectivity index (χ1) is 7.40. The number of benzene rings is 1. The van der Waals surface area contributed by atoms with Gasteiger partial charge in [-0.05, 0) is 30.5 Å². The van der Waals surface area contributed by atoms with Crippen LogP contribution in [-0.4, -0.2) is 17.4 Å². The van der Waals surface area contributed by atoms with Gasteiger partial charge in [0, 0.05) is 11.6 Å². The van der Waals surface area contributed by atoms with E-state index in [0.29, 0.717) is 5.94 Å². The highest BCUT2D eigenvalue weighted by Crippen LogP contribution is 2.20. The van der Waals surface area contributed by atoms with Crippen molar-refractivity contribution in [1.29, 1.82) is 0 Å². The summed E-state index contributed by atoms with van der Waals surface area (Å²) in [4.78, 5) is 0. The Balaban J connectivity index is 2.11. The van der Waals surface area contributed by atoms with Crippen LogP contribution in [0.15, 0.2) is 41.1 Å². The average Bonchev–Trinajstić information content (AvgIpc) is 2.80. The van der Waals surface area contributed by atoms with Gasteiger partial charge in [0.15, 0.2) is 0 Å². The lowest BCUT2D eigenvalue weighted by Crippen LogP contribution is -1.90. The molecule has 0 aliphatic heterocycles. The number of rotatable bonds is 4. The van der Waals surface area contributed by atoms with Gasteiger partial charge in [0.25, 0.3) is 0 Å². The molecule has 78 valence electrons. The summed E-state index contributed by atoms with van der Waals surface area (Å²) in [7, 11) is 0. The lowest BCUT2D eigenvalue weighted by molar-refractivity contribution is 0.393. The molecular formula is C11H11NO2S. The summed E-state index contributed by atoms with van der Waals surface area (Å²) in [5, 5.41) is 3.86. The lowest BCUT2D eigenvalue weighted by atomic mass is 10.1. The predicted octanol–water partition coefficient (Wildman–Crippen LogP) is 3.04. The van der Waals surface area contributed by atoms with E-state index in [4.69, 9.17) is 9.26 Å². The summed E-state index contributed by atoms with van der Waals surface area (Å²) < 4.78 is 10.2. The molecule has 0 unspecified atom stereocenters. The number of ether oxygens (including phenoxy) is 1. The highest BCUT2D eigenvalue weighted by Gasteiger charge is 2.00. The Kier molecular flexibility index (Phi) is 3.29. The van der Waals surface area contributed by atoms with Gasteiger partial charge in [0.05, 0.1) is 0 Å². The van der Waals surface area contributed by atoms with Crippen LogP contribution in [0.2, 0.25) is 0 Å². The molecule has 15 heavy (non-hydrogen) atoms. The van der Waals surface area contributed by atoms with Gasteiger partial charge in [-0.3, -0.25) is 0 Å². The van der Waals surface area contributed by atoms with Crippen LogP contribution in [0.4, 0.5) is 0 Å². The summed E-state index contributed by atoms with van der Waals surface area (Å²) in [6.45, 7) is 0. The van der Waals surface area contributed by atoms with Gasteiger partial charge in [-0.15, -0.1) is 11.8 Å². The first kappa shape index (κ1) is 10.1. The highest BCUT2D eigenvalue weighted by molar-refractivity contribution is 7.98. The fraction of sp³-hybridized carbons (Fsp3) is 0.182. The first-order valence-corrected chi connectivity index (χ1v) is 5.92. The van der Waals surface area contributed by atoms with E-state index in [0.717, 1.165) is 17.0 Å². The van der Waals surface area contributed by atoms with Gasteiger partial charge in [-0.1, -0.05) is 5.16 Å². The molecule has 0 aliphatic carbocycles. The topological polar surface area (TPSA) is 35.3 Å². The number of thioether (sulfide) groups is 1. The average molecular weight is 221 g/mol. The molecule has 2 aromatic rings. The molecule has 0 radical (unpaired) electrons. The van der Waals surface area contributed by atoms with E-state index >= 15 is 0 Å². The van der Waals surface area contributed by atoms with E-state index in [1.54, 1.807) is 18.0 Å². The molecule has 0 saturated carbocycles. The van der Waals surface area contributed by atoms with Gasteiger partial charge >= 0.3 is 0 Å². The molecule has 1 aromatic carbocycles. The second-order valence-electron chi connectivity index (χ2n) is 2.96. The minimum Gasteiger partial charge on any atom is -0.483 e. The van der Waals surface area contributed by atoms with E-state index in [9.17, 15) is 0 Å². The van der Waals surface area contributed by atoms with Crippen LogP contribution in [0.3, 0.4) is 0 Å². The van der Waals surface area contributed by atoms with Crippen LogP contribution in [0, 0.1) is 0 Å². The summed E-state index contributed by atoms with van der Waals surface area (Å²) in [5.74, 6) is 1.54. The molecule has 0 bridgehead atoms.